The molecule has 4 rings (SSSR count). The second-order valence-corrected chi connectivity index (χ2v) is 10.4. The topological polar surface area (TPSA) is 74.9 Å². The lowest BCUT2D eigenvalue weighted by molar-refractivity contribution is -0.143. The fourth-order valence-electron chi connectivity index (χ4n) is 4.35. The number of methoxy groups -OCH3 is 1. The Morgan fingerprint density at radius 3 is 2.17 bits per heavy atom. The molecule has 0 fully saturated rings. The summed E-state index contributed by atoms with van der Waals surface area (Å²) in [6.45, 7) is 6.71. The van der Waals surface area contributed by atoms with E-state index in [4.69, 9.17) is 14.3 Å². The molecular weight excluding hydrogens is 521 g/mol. The largest absolute Gasteiger partial charge is 0.489 e. The zero-order valence-electron chi connectivity index (χ0n) is 23.9. The number of rotatable bonds is 13. The van der Waals surface area contributed by atoms with Crippen molar-refractivity contribution < 1.29 is 23.5 Å². The average molecular weight is 558 g/mol. The number of hydrogen-bond donors (Lipinski definition) is 0. The Hall–Kier alpha value is -4.46. The highest BCUT2D eigenvalue weighted by molar-refractivity contribution is 6.00. The summed E-state index contributed by atoms with van der Waals surface area (Å²) < 4.78 is 25.9. The zero-order chi connectivity index (χ0) is 29.2. The van der Waals surface area contributed by atoms with Gasteiger partial charge in [0.05, 0.1) is 24.7 Å². The Balaban J connectivity index is 1.31. The van der Waals surface area contributed by atoms with Gasteiger partial charge in [0.1, 0.15) is 30.7 Å². The number of benzene rings is 3. The first kappa shape index (κ1) is 29.5. The molecule has 0 saturated carbocycles. The molecule has 41 heavy (non-hydrogen) atoms. The Morgan fingerprint density at radius 2 is 1.51 bits per heavy atom. The van der Waals surface area contributed by atoms with E-state index < -0.39 is 11.9 Å². The van der Waals surface area contributed by atoms with Crippen LogP contribution in [0.3, 0.4) is 0 Å². The fraction of sp³-hybridized carbons (Fsp3) is 0.303. The van der Waals surface area contributed by atoms with Gasteiger partial charge in [-0.3, -0.25) is 4.79 Å². The summed E-state index contributed by atoms with van der Waals surface area (Å²) in [5, 5.41) is 8.59. The minimum absolute atomic E-state index is 0.168. The molecule has 7 nitrogen and oxygen atoms in total. The van der Waals surface area contributed by atoms with E-state index in [0.29, 0.717) is 30.4 Å². The van der Waals surface area contributed by atoms with E-state index in [9.17, 15) is 9.18 Å². The van der Waals surface area contributed by atoms with Crippen LogP contribution in [0, 0.1) is 17.7 Å². The molecule has 1 heterocycles. The van der Waals surface area contributed by atoms with Gasteiger partial charge in [-0.1, -0.05) is 55.4 Å². The highest BCUT2D eigenvalue weighted by Gasteiger charge is 2.24. The van der Waals surface area contributed by atoms with E-state index in [1.165, 1.54) is 24.8 Å². The van der Waals surface area contributed by atoms with Gasteiger partial charge in [-0.2, -0.15) is 5.10 Å². The highest BCUT2D eigenvalue weighted by Crippen LogP contribution is 2.19. The molecule has 0 amide bonds. The van der Waals surface area contributed by atoms with E-state index in [2.05, 4.69) is 48.4 Å². The lowest BCUT2D eigenvalue weighted by Crippen LogP contribution is -2.26. The van der Waals surface area contributed by atoms with Crippen molar-refractivity contribution >= 4 is 11.7 Å². The Bertz CT molecular complexity index is 1430. The van der Waals surface area contributed by atoms with Crippen LogP contribution in [0.15, 0.2) is 90.3 Å². The van der Waals surface area contributed by atoms with Gasteiger partial charge in [0.25, 0.3) is 0 Å². The van der Waals surface area contributed by atoms with E-state index in [0.717, 1.165) is 28.8 Å². The Labute approximate surface area is 240 Å². The van der Waals surface area contributed by atoms with Crippen molar-refractivity contribution in [3.05, 3.63) is 113 Å². The molecule has 4 aromatic rings. The molecule has 8 heteroatoms. The minimum atomic E-state index is -0.606. The molecule has 0 aliphatic heterocycles. The first-order valence-corrected chi connectivity index (χ1v) is 13.6. The maximum atomic E-state index is 13.1. The molecule has 1 aromatic heterocycles. The van der Waals surface area contributed by atoms with E-state index >= 15 is 0 Å². The minimum Gasteiger partial charge on any atom is -0.489 e. The van der Waals surface area contributed by atoms with Crippen LogP contribution in [-0.2, 0) is 40.4 Å². The van der Waals surface area contributed by atoms with Gasteiger partial charge in [0, 0.05) is 11.8 Å². The molecule has 1 unspecified atom stereocenters. The maximum absolute atomic E-state index is 13.1. The van der Waals surface area contributed by atoms with Gasteiger partial charge in [-0.25, -0.2) is 9.07 Å². The molecule has 0 bridgehead atoms. The molecule has 0 spiro atoms. The van der Waals surface area contributed by atoms with E-state index in [1.54, 1.807) is 25.3 Å². The van der Waals surface area contributed by atoms with Gasteiger partial charge in [0.15, 0.2) is 0 Å². The molecular formula is C33H36FN3O4. The normalized spacial score (nSPS) is 12.3. The number of carbonyl (C=O) groups is 1. The SMILES string of the molecule is COC(=O)C(Cc1ccc(OCc2cnn(-c3ccc(CC(C)C)cc3)c2)cc1)/C(C)=N/OCc1ccc(F)cc1. The third-order valence-electron chi connectivity index (χ3n) is 6.59. The molecule has 0 radical (unpaired) electrons. The van der Waals surface area contributed by atoms with E-state index in [-0.39, 0.29) is 12.4 Å². The van der Waals surface area contributed by atoms with Crippen molar-refractivity contribution in [2.45, 2.75) is 46.8 Å². The van der Waals surface area contributed by atoms with Crippen molar-refractivity contribution in [3.8, 4) is 11.4 Å². The fourth-order valence-corrected chi connectivity index (χ4v) is 4.35. The van der Waals surface area contributed by atoms with Gasteiger partial charge in [0.2, 0.25) is 0 Å². The summed E-state index contributed by atoms with van der Waals surface area (Å²) in [4.78, 5) is 17.9. The molecule has 0 aliphatic rings. The predicted molar refractivity (Wildman–Crippen MR) is 156 cm³/mol. The predicted octanol–water partition coefficient (Wildman–Crippen LogP) is 6.71. The molecule has 3 aromatic carbocycles. The number of carbonyl (C=O) groups excluding carboxylic acids is 1. The van der Waals surface area contributed by atoms with Gasteiger partial charge < -0.3 is 14.3 Å². The third kappa shape index (κ3) is 8.76. The van der Waals surface area contributed by atoms with Gasteiger partial charge >= 0.3 is 5.97 Å². The number of nitrogens with zero attached hydrogens (tertiary/aromatic N) is 3. The van der Waals surface area contributed by atoms with Crippen molar-refractivity contribution in [2.24, 2.45) is 17.0 Å². The third-order valence-corrected chi connectivity index (χ3v) is 6.59. The standard InChI is InChI=1S/C33H36FN3O4/c1-23(2)17-25-7-13-30(14-8-25)37-20-28(19-35-37)21-40-31-15-9-26(10-16-31)18-32(33(38)39-4)24(3)36-41-22-27-5-11-29(34)12-6-27/h5-16,19-20,23,32H,17-18,21-22H2,1-4H3/b36-24+. The summed E-state index contributed by atoms with van der Waals surface area (Å²) in [7, 11) is 1.35. The summed E-state index contributed by atoms with van der Waals surface area (Å²) in [6, 6.07) is 22.0. The second kappa shape index (κ2) is 14.3. The summed E-state index contributed by atoms with van der Waals surface area (Å²) in [5.74, 6) is 0.0107. The maximum Gasteiger partial charge on any atom is 0.314 e. The number of esters is 1. The van der Waals surface area contributed by atoms with Crippen LogP contribution in [0.5, 0.6) is 5.75 Å². The van der Waals surface area contributed by atoms with Crippen LogP contribution in [-0.4, -0.2) is 28.6 Å². The van der Waals surface area contributed by atoms with Crippen molar-refractivity contribution in [1.29, 1.82) is 0 Å². The summed E-state index contributed by atoms with van der Waals surface area (Å²) in [5.41, 5.74) is 5.47. The lowest BCUT2D eigenvalue weighted by Gasteiger charge is -2.15. The molecule has 214 valence electrons. The average Bonchev–Trinajstić information content (AvgIpc) is 3.45. The highest BCUT2D eigenvalue weighted by atomic mass is 19.1. The quantitative estimate of drug-likeness (QED) is 0.104. The van der Waals surface area contributed by atoms with Crippen LogP contribution >= 0.6 is 0 Å². The number of aromatic nitrogens is 2. The monoisotopic (exact) mass is 557 g/mol. The molecule has 1 atom stereocenters. The van der Waals surface area contributed by atoms with Crippen LogP contribution in [0.1, 0.15) is 43.0 Å². The zero-order valence-corrected chi connectivity index (χ0v) is 23.9. The van der Waals surface area contributed by atoms with E-state index in [1.807, 2.05) is 35.1 Å². The smallest absolute Gasteiger partial charge is 0.314 e. The second-order valence-electron chi connectivity index (χ2n) is 10.4. The van der Waals surface area contributed by atoms with Crippen molar-refractivity contribution in [2.75, 3.05) is 7.11 Å². The number of halogens is 1. The first-order chi connectivity index (χ1) is 19.8. The van der Waals surface area contributed by atoms with Crippen molar-refractivity contribution in [3.63, 3.8) is 0 Å². The number of hydrogen-bond acceptors (Lipinski definition) is 6. The van der Waals surface area contributed by atoms with Gasteiger partial charge in [-0.15, -0.1) is 0 Å². The molecule has 0 aliphatic carbocycles. The summed E-state index contributed by atoms with van der Waals surface area (Å²) in [6.07, 6.45) is 5.22. The van der Waals surface area contributed by atoms with Crippen LogP contribution in [0.4, 0.5) is 4.39 Å². The van der Waals surface area contributed by atoms with Crippen LogP contribution in [0.2, 0.25) is 0 Å². The molecule has 0 N–H and O–H groups in total. The number of ether oxygens (including phenoxy) is 2. The van der Waals surface area contributed by atoms with Crippen molar-refractivity contribution in [1.82, 2.24) is 9.78 Å². The Morgan fingerprint density at radius 1 is 0.878 bits per heavy atom. The van der Waals surface area contributed by atoms with Gasteiger partial charge in [-0.05, 0) is 78.8 Å². The molecule has 0 saturated heterocycles. The van der Waals surface area contributed by atoms with Crippen LogP contribution < -0.4 is 4.74 Å². The first-order valence-electron chi connectivity index (χ1n) is 13.6. The number of oxime groups is 1. The lowest BCUT2D eigenvalue weighted by atomic mass is 9.95. The van der Waals surface area contributed by atoms with Crippen LogP contribution in [0.25, 0.3) is 5.69 Å². The Kier molecular flexibility index (Phi) is 10.3. The summed E-state index contributed by atoms with van der Waals surface area (Å²) >= 11 is 0.